The summed E-state index contributed by atoms with van der Waals surface area (Å²) in [6.07, 6.45) is 4.47. The third-order valence-electron chi connectivity index (χ3n) is 5.50. The first kappa shape index (κ1) is 26.6. The Morgan fingerprint density at radius 2 is 2.03 bits per heavy atom. The van der Waals surface area contributed by atoms with Crippen molar-refractivity contribution in [3.05, 3.63) is 76.0 Å². The fourth-order valence-corrected chi connectivity index (χ4v) is 5.68. The van der Waals surface area contributed by atoms with Crippen molar-refractivity contribution >= 4 is 39.5 Å². The van der Waals surface area contributed by atoms with E-state index in [1.54, 1.807) is 0 Å². The molecule has 3 N–H and O–H groups in total. The summed E-state index contributed by atoms with van der Waals surface area (Å²) in [7, 11) is -4.15. The molecule has 37 heavy (non-hydrogen) atoms. The van der Waals surface area contributed by atoms with E-state index < -0.39 is 56.9 Å². The number of aliphatic hydroxyl groups excluding tert-OH is 1. The molecule has 2 aromatic heterocycles. The number of hydrogen-bond donors (Lipinski definition) is 2. The number of guanidine groups is 1. The number of aromatic nitrogens is 3. The molecule has 0 saturated heterocycles. The largest absolute Gasteiger partial charge is 0.443 e. The van der Waals surface area contributed by atoms with E-state index in [-0.39, 0.29) is 35.3 Å². The Morgan fingerprint density at radius 1 is 1.27 bits per heavy atom. The number of nitrogens with two attached hydrogens (primary N) is 1. The molecule has 0 unspecified atom stereocenters. The van der Waals surface area contributed by atoms with Crippen LogP contribution in [0.2, 0.25) is 5.15 Å². The van der Waals surface area contributed by atoms with Gasteiger partial charge in [-0.05, 0) is 30.7 Å². The van der Waals surface area contributed by atoms with Crippen molar-refractivity contribution in [3.63, 3.8) is 0 Å². The molecule has 0 aliphatic carbocycles. The maximum atomic E-state index is 14.9. The molecule has 0 bridgehead atoms. The molecule has 0 fully saturated rings. The van der Waals surface area contributed by atoms with Gasteiger partial charge >= 0.3 is 0 Å². The van der Waals surface area contributed by atoms with Crippen LogP contribution in [-0.2, 0) is 28.6 Å². The van der Waals surface area contributed by atoms with Crippen molar-refractivity contribution in [2.75, 3.05) is 12.3 Å². The van der Waals surface area contributed by atoms with Crippen molar-refractivity contribution < 1.29 is 31.1 Å². The van der Waals surface area contributed by atoms with Gasteiger partial charge in [0.2, 0.25) is 21.9 Å². The SMILES string of the molecule is C[C@@]1(c2cc(/C=C(\F)c3cnc(Cl)cn3)cc(F)c2F)CS(=O)(=O)N(CCc2cnc(CO)o2)C(N)=N1. The van der Waals surface area contributed by atoms with Crippen molar-refractivity contribution in [3.8, 4) is 0 Å². The van der Waals surface area contributed by atoms with Crippen molar-refractivity contribution in [2.45, 2.75) is 25.5 Å². The molecular weight excluding hydrogens is 537 g/mol. The van der Waals surface area contributed by atoms with E-state index in [1.165, 1.54) is 13.1 Å². The summed E-state index contributed by atoms with van der Waals surface area (Å²) in [5, 5.41) is 9.08. The predicted molar refractivity (Wildman–Crippen MR) is 128 cm³/mol. The summed E-state index contributed by atoms with van der Waals surface area (Å²) in [5.74, 6) is -4.40. The highest BCUT2D eigenvalue weighted by Crippen LogP contribution is 2.36. The lowest BCUT2D eigenvalue weighted by Crippen LogP contribution is -2.53. The molecule has 3 aromatic rings. The van der Waals surface area contributed by atoms with Gasteiger partial charge < -0.3 is 15.3 Å². The molecule has 0 saturated carbocycles. The molecule has 15 heteroatoms. The average Bonchev–Trinajstić information content (AvgIpc) is 3.28. The molecular formula is C22H20ClF3N6O4S. The van der Waals surface area contributed by atoms with Crippen LogP contribution in [0.5, 0.6) is 0 Å². The molecule has 10 nitrogen and oxygen atoms in total. The third-order valence-corrected chi connectivity index (χ3v) is 7.67. The number of sulfonamides is 1. The van der Waals surface area contributed by atoms with Crippen molar-refractivity contribution in [1.82, 2.24) is 19.3 Å². The molecule has 0 amide bonds. The second kappa shape index (κ2) is 10.1. The Bertz CT molecular complexity index is 1500. The number of oxazole rings is 1. The second-order valence-corrected chi connectivity index (χ2v) is 10.6. The Hall–Kier alpha value is -3.49. The van der Waals surface area contributed by atoms with Crippen LogP contribution in [0.15, 0.2) is 40.1 Å². The van der Waals surface area contributed by atoms with Gasteiger partial charge in [0.05, 0.1) is 24.3 Å². The highest BCUT2D eigenvalue weighted by molar-refractivity contribution is 7.89. The third kappa shape index (κ3) is 5.60. The Morgan fingerprint density at radius 3 is 2.65 bits per heavy atom. The predicted octanol–water partition coefficient (Wildman–Crippen LogP) is 2.77. The van der Waals surface area contributed by atoms with E-state index in [4.69, 9.17) is 26.9 Å². The zero-order valence-electron chi connectivity index (χ0n) is 19.2. The zero-order valence-corrected chi connectivity index (χ0v) is 20.8. The minimum atomic E-state index is -4.15. The Kier molecular flexibility index (Phi) is 7.26. The smallest absolute Gasteiger partial charge is 0.240 e. The standard InChI is InChI=1S/C22H20ClF3N6O4S/c1-22(11-37(34,35)32(21(27)31-22)3-2-13-7-30-19(10-33)36-13)14-4-12(6-16(25)20(14)26)5-15(24)17-8-29-18(23)9-28-17/h4-9,33H,2-3,10-11H2,1H3,(H2,27,31)/b15-5-/t22-/m0/s1. The molecule has 4 rings (SSSR count). The molecule has 1 aromatic carbocycles. The first-order valence-corrected chi connectivity index (χ1v) is 12.7. The van der Waals surface area contributed by atoms with Crippen LogP contribution in [0.4, 0.5) is 13.2 Å². The number of hydrogen-bond acceptors (Lipinski definition) is 9. The average molecular weight is 557 g/mol. The Labute approximate surface area is 214 Å². The van der Waals surface area contributed by atoms with Crippen LogP contribution in [0, 0.1) is 11.6 Å². The lowest BCUT2D eigenvalue weighted by atomic mass is 9.92. The fourth-order valence-electron chi connectivity index (χ4n) is 3.80. The van der Waals surface area contributed by atoms with Gasteiger partial charge in [0.1, 0.15) is 28.8 Å². The van der Waals surface area contributed by atoms with Gasteiger partial charge in [0.25, 0.3) is 0 Å². The van der Waals surface area contributed by atoms with Crippen LogP contribution in [-0.4, -0.2) is 51.0 Å². The van der Waals surface area contributed by atoms with Gasteiger partial charge in [-0.3, -0.25) is 0 Å². The molecule has 0 spiro atoms. The maximum Gasteiger partial charge on any atom is 0.240 e. The van der Waals surface area contributed by atoms with Crippen molar-refractivity contribution in [2.24, 2.45) is 10.7 Å². The van der Waals surface area contributed by atoms with E-state index in [1.807, 2.05) is 0 Å². The summed E-state index contributed by atoms with van der Waals surface area (Å²) >= 11 is 5.64. The monoisotopic (exact) mass is 556 g/mol. The highest BCUT2D eigenvalue weighted by atomic mass is 35.5. The topological polar surface area (TPSA) is 148 Å². The normalized spacial score (nSPS) is 19.7. The number of aliphatic imine (C=N–C) groups is 1. The maximum absolute atomic E-state index is 14.9. The van der Waals surface area contributed by atoms with Gasteiger partial charge in [0.15, 0.2) is 17.5 Å². The van der Waals surface area contributed by atoms with Crippen LogP contribution in [0.3, 0.4) is 0 Å². The van der Waals surface area contributed by atoms with Crippen LogP contribution < -0.4 is 5.73 Å². The molecule has 1 aliphatic heterocycles. The Balaban J connectivity index is 1.66. The summed E-state index contributed by atoms with van der Waals surface area (Å²) in [6.45, 7) is 0.698. The van der Waals surface area contributed by atoms with E-state index in [9.17, 15) is 21.6 Å². The van der Waals surface area contributed by atoms with E-state index >= 15 is 0 Å². The van der Waals surface area contributed by atoms with Gasteiger partial charge in [-0.2, -0.15) is 0 Å². The lowest BCUT2D eigenvalue weighted by molar-refractivity contribution is 0.236. The number of aliphatic hydroxyl groups is 1. The molecule has 1 atom stereocenters. The fraction of sp³-hybridized carbons (Fsp3) is 0.273. The lowest BCUT2D eigenvalue weighted by Gasteiger charge is -2.36. The summed E-state index contributed by atoms with van der Waals surface area (Å²) in [5.41, 5.74) is 3.40. The van der Waals surface area contributed by atoms with Gasteiger partial charge in [-0.25, -0.2) is 45.8 Å². The van der Waals surface area contributed by atoms with Crippen LogP contribution in [0.1, 0.15) is 35.4 Å². The van der Waals surface area contributed by atoms with Gasteiger partial charge in [-0.1, -0.05) is 11.6 Å². The van der Waals surface area contributed by atoms with Crippen LogP contribution in [0.25, 0.3) is 11.9 Å². The summed E-state index contributed by atoms with van der Waals surface area (Å²) in [6, 6.07) is 1.84. The molecule has 196 valence electrons. The minimum absolute atomic E-state index is 0.0401. The van der Waals surface area contributed by atoms with Gasteiger partial charge in [0, 0.05) is 18.5 Å². The first-order chi connectivity index (χ1) is 17.4. The summed E-state index contributed by atoms with van der Waals surface area (Å²) < 4.78 is 76.4. The van der Waals surface area contributed by atoms with E-state index in [0.29, 0.717) is 5.76 Å². The zero-order chi connectivity index (χ0) is 27.0. The second-order valence-electron chi connectivity index (χ2n) is 8.28. The quantitative estimate of drug-likeness (QED) is 0.451. The number of nitrogens with zero attached hydrogens (tertiary/aromatic N) is 5. The van der Waals surface area contributed by atoms with E-state index in [0.717, 1.165) is 34.9 Å². The number of halogens is 4. The van der Waals surface area contributed by atoms with Gasteiger partial charge in [-0.15, -0.1) is 0 Å². The minimum Gasteiger partial charge on any atom is -0.443 e. The molecule has 1 aliphatic rings. The number of rotatable bonds is 7. The van der Waals surface area contributed by atoms with E-state index in [2.05, 4.69) is 19.9 Å². The summed E-state index contributed by atoms with van der Waals surface area (Å²) in [4.78, 5) is 15.5. The molecule has 3 heterocycles. The first-order valence-electron chi connectivity index (χ1n) is 10.7. The molecule has 0 radical (unpaired) electrons. The van der Waals surface area contributed by atoms with Crippen molar-refractivity contribution in [1.29, 1.82) is 0 Å². The number of benzene rings is 1. The highest BCUT2D eigenvalue weighted by Gasteiger charge is 2.43. The van der Waals surface area contributed by atoms with Crippen LogP contribution >= 0.6 is 11.6 Å².